The smallest absolute Gasteiger partial charge is 0.227 e. The number of benzene rings is 1. The Morgan fingerprint density at radius 3 is 2.39 bits per heavy atom. The minimum atomic E-state index is -0.141. The summed E-state index contributed by atoms with van der Waals surface area (Å²) in [6.07, 6.45) is 1.77. The predicted molar refractivity (Wildman–Crippen MR) is 110 cm³/mol. The van der Waals surface area contributed by atoms with E-state index in [-0.39, 0.29) is 30.4 Å². The Morgan fingerprint density at radius 2 is 1.79 bits per heavy atom. The zero-order valence-corrected chi connectivity index (χ0v) is 16.7. The highest BCUT2D eigenvalue weighted by molar-refractivity contribution is 5.84. The molecule has 0 aliphatic rings. The molecule has 0 amide bonds. The number of imidazole rings is 1. The van der Waals surface area contributed by atoms with Crippen LogP contribution in [0.3, 0.4) is 0 Å². The van der Waals surface area contributed by atoms with Gasteiger partial charge in [-0.05, 0) is 37.5 Å². The second-order valence-corrected chi connectivity index (χ2v) is 7.51. The van der Waals surface area contributed by atoms with Gasteiger partial charge in [-0.3, -0.25) is 0 Å². The largest absolute Gasteiger partial charge is 0.508 e. The van der Waals surface area contributed by atoms with Crippen molar-refractivity contribution >= 4 is 22.9 Å². The van der Waals surface area contributed by atoms with Crippen molar-refractivity contribution in [3.8, 4) is 5.75 Å². The van der Waals surface area contributed by atoms with Crippen LogP contribution in [0.2, 0.25) is 0 Å². The van der Waals surface area contributed by atoms with Gasteiger partial charge in [0.15, 0.2) is 17.0 Å². The molecule has 0 saturated heterocycles. The minimum absolute atomic E-state index is 0.00121. The number of aliphatic hydroxyl groups excluding tert-OH is 1. The number of hydrogen-bond acceptors (Lipinski definition) is 7. The van der Waals surface area contributed by atoms with E-state index in [1.54, 1.807) is 18.5 Å². The van der Waals surface area contributed by atoms with Crippen molar-refractivity contribution in [2.45, 2.75) is 46.3 Å². The van der Waals surface area contributed by atoms with Gasteiger partial charge in [0.1, 0.15) is 5.75 Å². The van der Waals surface area contributed by atoms with Crippen molar-refractivity contribution in [2.24, 2.45) is 5.92 Å². The van der Waals surface area contributed by atoms with Crippen LogP contribution in [0.25, 0.3) is 11.2 Å². The van der Waals surface area contributed by atoms with E-state index >= 15 is 0 Å². The first-order chi connectivity index (χ1) is 13.4. The standard InChI is InChI=1S/C20H28N6O2/c1-12(2)16(10-27)23-20-24-18(21-9-14-5-7-15(28)8-6-14)17-19(25-20)26(11-22-17)13(3)4/h5-8,11-13,16,27-28H,9-10H2,1-4H3,(H2,21,23,24,25). The van der Waals surface area contributed by atoms with E-state index in [0.29, 0.717) is 23.8 Å². The maximum absolute atomic E-state index is 9.65. The van der Waals surface area contributed by atoms with Crippen molar-refractivity contribution in [2.75, 3.05) is 17.2 Å². The molecule has 4 N–H and O–H groups in total. The van der Waals surface area contributed by atoms with Crippen LogP contribution in [-0.4, -0.2) is 42.4 Å². The third-order valence-corrected chi connectivity index (χ3v) is 4.69. The summed E-state index contributed by atoms with van der Waals surface area (Å²) in [4.78, 5) is 13.8. The molecule has 0 radical (unpaired) electrons. The summed E-state index contributed by atoms with van der Waals surface area (Å²) in [6, 6.07) is 7.08. The molecule has 0 saturated carbocycles. The summed E-state index contributed by atoms with van der Waals surface area (Å²) in [5.41, 5.74) is 2.45. The molecule has 150 valence electrons. The molecular formula is C20H28N6O2. The molecule has 0 bridgehead atoms. The molecular weight excluding hydrogens is 356 g/mol. The number of nitrogens with one attached hydrogen (secondary N) is 2. The highest BCUT2D eigenvalue weighted by Gasteiger charge is 2.18. The van der Waals surface area contributed by atoms with Gasteiger partial charge in [-0.2, -0.15) is 9.97 Å². The lowest BCUT2D eigenvalue weighted by Crippen LogP contribution is -2.30. The summed E-state index contributed by atoms with van der Waals surface area (Å²) >= 11 is 0. The van der Waals surface area contributed by atoms with Gasteiger partial charge in [0.2, 0.25) is 5.95 Å². The van der Waals surface area contributed by atoms with Gasteiger partial charge in [0.05, 0.1) is 19.0 Å². The average Bonchev–Trinajstić information content (AvgIpc) is 3.09. The number of hydrogen-bond donors (Lipinski definition) is 4. The molecule has 1 unspecified atom stereocenters. The van der Waals surface area contributed by atoms with Gasteiger partial charge >= 0.3 is 0 Å². The SMILES string of the molecule is CC(C)C(CO)Nc1nc(NCc2ccc(O)cc2)c2ncn(C(C)C)c2n1. The third kappa shape index (κ3) is 4.33. The normalized spacial score (nSPS) is 12.7. The quantitative estimate of drug-likeness (QED) is 0.472. The van der Waals surface area contributed by atoms with Crippen LogP contribution in [0, 0.1) is 5.92 Å². The summed E-state index contributed by atoms with van der Waals surface area (Å²) in [6.45, 7) is 8.76. The first-order valence-corrected chi connectivity index (χ1v) is 9.52. The Labute approximate surface area is 164 Å². The topological polar surface area (TPSA) is 108 Å². The van der Waals surface area contributed by atoms with Crippen LogP contribution in [0.1, 0.15) is 39.3 Å². The van der Waals surface area contributed by atoms with E-state index in [0.717, 1.165) is 11.2 Å². The predicted octanol–water partition coefficient (Wildman–Crippen LogP) is 3.15. The van der Waals surface area contributed by atoms with Crippen LogP contribution in [-0.2, 0) is 6.54 Å². The number of phenols is 1. The number of aromatic hydroxyl groups is 1. The average molecular weight is 384 g/mol. The number of phenolic OH excluding ortho intramolecular Hbond substituents is 1. The number of fused-ring (bicyclic) bond motifs is 1. The van der Waals surface area contributed by atoms with Crippen LogP contribution >= 0.6 is 0 Å². The lowest BCUT2D eigenvalue weighted by atomic mass is 10.1. The van der Waals surface area contributed by atoms with E-state index in [9.17, 15) is 10.2 Å². The molecule has 3 rings (SSSR count). The number of rotatable bonds is 8. The summed E-state index contributed by atoms with van der Waals surface area (Å²) in [5.74, 6) is 1.54. The lowest BCUT2D eigenvalue weighted by molar-refractivity contribution is 0.248. The van der Waals surface area contributed by atoms with Gasteiger partial charge in [0, 0.05) is 12.6 Å². The van der Waals surface area contributed by atoms with Gasteiger partial charge in [-0.25, -0.2) is 4.98 Å². The summed E-state index contributed by atoms with van der Waals surface area (Å²) in [7, 11) is 0. The maximum atomic E-state index is 9.65. The Balaban J connectivity index is 1.95. The number of aromatic nitrogens is 4. The maximum Gasteiger partial charge on any atom is 0.227 e. The van der Waals surface area contributed by atoms with Gasteiger partial charge in [-0.1, -0.05) is 26.0 Å². The summed E-state index contributed by atoms with van der Waals surface area (Å²) < 4.78 is 2.00. The second kappa shape index (κ2) is 8.43. The molecule has 1 atom stereocenters. The molecule has 28 heavy (non-hydrogen) atoms. The zero-order chi connectivity index (χ0) is 20.3. The molecule has 0 fully saturated rings. The van der Waals surface area contributed by atoms with Crippen LogP contribution in [0.5, 0.6) is 5.75 Å². The molecule has 8 heteroatoms. The van der Waals surface area contributed by atoms with Crippen LogP contribution < -0.4 is 10.6 Å². The van der Waals surface area contributed by atoms with Gasteiger partial charge < -0.3 is 25.4 Å². The van der Waals surface area contributed by atoms with Crippen LogP contribution in [0.15, 0.2) is 30.6 Å². The van der Waals surface area contributed by atoms with Gasteiger partial charge in [0.25, 0.3) is 0 Å². The molecule has 0 aliphatic heterocycles. The Bertz CT molecular complexity index is 920. The molecule has 0 spiro atoms. The number of aliphatic hydroxyl groups is 1. The van der Waals surface area contributed by atoms with Crippen molar-refractivity contribution < 1.29 is 10.2 Å². The molecule has 0 aliphatic carbocycles. The number of nitrogens with zero attached hydrogens (tertiary/aromatic N) is 4. The van der Waals surface area contributed by atoms with E-state index in [2.05, 4.69) is 39.4 Å². The molecule has 3 aromatic rings. The fourth-order valence-electron chi connectivity index (χ4n) is 2.87. The number of anilines is 2. The fraction of sp³-hybridized carbons (Fsp3) is 0.450. The molecule has 2 aromatic heterocycles. The first-order valence-electron chi connectivity index (χ1n) is 9.52. The molecule has 1 aromatic carbocycles. The second-order valence-electron chi connectivity index (χ2n) is 7.51. The first kappa shape index (κ1) is 19.9. The van der Waals surface area contributed by atoms with E-state index in [1.807, 2.05) is 30.5 Å². The Kier molecular flexibility index (Phi) is 5.99. The molecule has 8 nitrogen and oxygen atoms in total. The summed E-state index contributed by atoms with van der Waals surface area (Å²) in [5, 5.41) is 25.7. The van der Waals surface area contributed by atoms with E-state index in [4.69, 9.17) is 0 Å². The minimum Gasteiger partial charge on any atom is -0.508 e. The fourth-order valence-corrected chi connectivity index (χ4v) is 2.87. The van der Waals surface area contributed by atoms with Crippen LogP contribution in [0.4, 0.5) is 11.8 Å². The highest BCUT2D eigenvalue weighted by atomic mass is 16.3. The Hall–Kier alpha value is -2.87. The van der Waals surface area contributed by atoms with Gasteiger partial charge in [-0.15, -0.1) is 0 Å². The Morgan fingerprint density at radius 1 is 1.07 bits per heavy atom. The van der Waals surface area contributed by atoms with Crippen molar-refractivity contribution in [1.29, 1.82) is 0 Å². The monoisotopic (exact) mass is 384 g/mol. The third-order valence-electron chi connectivity index (χ3n) is 4.69. The molecule has 2 heterocycles. The van der Waals surface area contributed by atoms with Crippen molar-refractivity contribution in [3.05, 3.63) is 36.2 Å². The zero-order valence-electron chi connectivity index (χ0n) is 16.7. The van der Waals surface area contributed by atoms with Crippen molar-refractivity contribution in [1.82, 2.24) is 19.5 Å². The van der Waals surface area contributed by atoms with E-state index in [1.165, 1.54) is 0 Å². The highest BCUT2D eigenvalue weighted by Crippen LogP contribution is 2.24. The van der Waals surface area contributed by atoms with Crippen molar-refractivity contribution in [3.63, 3.8) is 0 Å². The lowest BCUT2D eigenvalue weighted by Gasteiger charge is -2.20. The van der Waals surface area contributed by atoms with E-state index < -0.39 is 0 Å².